The number of hydrogen-bond donors (Lipinski definition) is 11. The van der Waals surface area contributed by atoms with Gasteiger partial charge in [-0.3, -0.25) is 19.2 Å². The number of anilines is 1. The van der Waals surface area contributed by atoms with Crippen molar-refractivity contribution in [3.63, 3.8) is 0 Å². The third-order valence-corrected chi connectivity index (χ3v) is 13.5. The van der Waals surface area contributed by atoms with Crippen LogP contribution in [0, 0.1) is 17.8 Å². The molecule has 0 aliphatic carbocycles. The molecule has 2 aliphatic rings. The fourth-order valence-electron chi connectivity index (χ4n) is 9.27. The summed E-state index contributed by atoms with van der Waals surface area (Å²) >= 11 is 0. The van der Waals surface area contributed by atoms with Crippen LogP contribution in [0.5, 0.6) is 0 Å². The van der Waals surface area contributed by atoms with E-state index < -0.39 is 122 Å². The van der Waals surface area contributed by atoms with Crippen LogP contribution in [0.2, 0.25) is 0 Å². The maximum absolute atomic E-state index is 13.2. The number of fused-ring (bicyclic) bond motifs is 2. The number of Topliss-reactive ketones (excluding diaryl/α,β-unsaturated/α-hetero) is 2. The third-order valence-electron chi connectivity index (χ3n) is 13.5. The Morgan fingerprint density at radius 2 is 1.32 bits per heavy atom. The molecule has 2 bridgehead atoms. The second-order valence-corrected chi connectivity index (χ2v) is 20.6. The van der Waals surface area contributed by atoms with Crippen LogP contribution in [-0.4, -0.2) is 155 Å². The number of nitrogen functional groups attached to an aromatic ring is 1. The Morgan fingerprint density at radius 1 is 0.766 bits per heavy atom. The van der Waals surface area contributed by atoms with Crippen molar-refractivity contribution < 1.29 is 84.1 Å². The van der Waals surface area contributed by atoms with Crippen LogP contribution >= 0.6 is 0 Å². The largest absolute Gasteiger partial charge is 0.481 e. The second kappa shape index (κ2) is 34.8. The number of hydrogen-bond acceptors (Lipinski definition) is 18. The van der Waals surface area contributed by atoms with E-state index in [0.29, 0.717) is 17.7 Å². The number of ketones is 2. The number of nitrogens with two attached hydrogens (primary N) is 2. The van der Waals surface area contributed by atoms with Crippen LogP contribution < -0.4 is 11.5 Å². The molecule has 1 saturated heterocycles. The first-order valence-corrected chi connectivity index (χ1v) is 26.6. The van der Waals surface area contributed by atoms with Gasteiger partial charge in [0.05, 0.1) is 61.0 Å². The molecule has 0 aromatic heterocycles. The number of carbonyl (C=O) groups is 4. The number of aliphatic carboxylic acids is 1. The second-order valence-electron chi connectivity index (χ2n) is 20.6. The van der Waals surface area contributed by atoms with Gasteiger partial charge in [-0.05, 0) is 89.0 Å². The lowest BCUT2D eigenvalue weighted by Gasteiger charge is -2.44. The summed E-state index contributed by atoms with van der Waals surface area (Å²) in [6.45, 7) is 6.61. The molecule has 0 radical (unpaired) electrons. The molecule has 16 atom stereocenters. The first-order chi connectivity index (χ1) is 36.5. The van der Waals surface area contributed by atoms with Crippen molar-refractivity contribution in [1.82, 2.24) is 0 Å². The van der Waals surface area contributed by atoms with Gasteiger partial charge in [-0.1, -0.05) is 98.9 Å². The predicted molar refractivity (Wildman–Crippen MR) is 289 cm³/mol. The van der Waals surface area contributed by atoms with Crippen molar-refractivity contribution in [3.8, 4) is 0 Å². The van der Waals surface area contributed by atoms with Crippen LogP contribution in [0.3, 0.4) is 0 Å². The van der Waals surface area contributed by atoms with Gasteiger partial charge in [0.2, 0.25) is 0 Å². The molecule has 2 heterocycles. The van der Waals surface area contributed by atoms with E-state index in [9.17, 15) is 65.1 Å². The van der Waals surface area contributed by atoms with E-state index >= 15 is 0 Å². The van der Waals surface area contributed by atoms with Crippen molar-refractivity contribution in [2.45, 2.75) is 190 Å². The average Bonchev–Trinajstić information content (AvgIpc) is 3.33. The SMILES string of the molecule is CC1/C=C/C=C/C=C/C=C/C=C/C=C/C=C/C(OCO[C@H](C)[C@@H](O)[C@@H](C)N)CC2OC(O)(CC(O)CC(O)CC(O)CC(O)CCCC(=O)CC(=O)OC1C(C)CCC(O)CC(=O)c1ccc(N)cc1)CC(O)C2C(=O)O. The van der Waals surface area contributed by atoms with E-state index in [1.807, 2.05) is 50.3 Å². The Morgan fingerprint density at radius 3 is 1.91 bits per heavy atom. The number of ether oxygens (including phenoxy) is 4. The fourth-order valence-corrected chi connectivity index (χ4v) is 9.27. The minimum absolute atomic E-state index is 0.0622. The molecule has 13 unspecified atom stereocenters. The van der Waals surface area contributed by atoms with E-state index in [1.54, 1.807) is 86.7 Å². The lowest BCUT2D eigenvalue weighted by molar-refractivity contribution is -0.301. The van der Waals surface area contributed by atoms with Crippen LogP contribution in [0.25, 0.3) is 0 Å². The Bertz CT molecular complexity index is 2160. The molecule has 1 aromatic rings. The summed E-state index contributed by atoms with van der Waals surface area (Å²) < 4.78 is 23.5. The average molecular weight is 1080 g/mol. The third kappa shape index (κ3) is 26.0. The number of carboxylic acid groups (broad SMARTS) is 1. The standard InChI is InChI=1S/C58H86N2O17/c1-37-18-15-13-11-9-7-5-6-8-10-12-14-16-21-49(75-36-74-40(4)55(70)39(3)59)33-52-54(57(71)72)51(68)35-58(73,77-52)34-48(66)30-47(65)29-46(64)28-43(61)19-17-20-44(62)32-53(69)76-56(37)38(2)22-27-45(63)31-50(67)41-23-25-42(60)26-24-41/h5-16,18,21,23-26,37-40,43,45-49,51-52,54-56,61,63-66,68,70,73H,17,19-20,22,27-36,59-60H2,1-4H3,(H,71,72)/b6-5+,9-7+,10-8+,13-11+,14-12+,18-15+,21-16+/t37?,38?,39-,40-,43?,45?,46?,47?,48?,49?,51?,52?,54?,55+,56?,58?/m1/s1. The summed E-state index contributed by atoms with van der Waals surface area (Å²) in [5.41, 5.74) is 12.5. The Labute approximate surface area is 452 Å². The zero-order valence-corrected chi connectivity index (χ0v) is 44.9. The minimum Gasteiger partial charge on any atom is -0.481 e. The maximum atomic E-state index is 13.2. The van der Waals surface area contributed by atoms with Gasteiger partial charge in [-0.2, -0.15) is 0 Å². The van der Waals surface area contributed by atoms with Gasteiger partial charge in [0, 0.05) is 55.3 Å². The summed E-state index contributed by atoms with van der Waals surface area (Å²) in [7, 11) is 0. The first kappa shape index (κ1) is 66.3. The summed E-state index contributed by atoms with van der Waals surface area (Å²) in [4.78, 5) is 51.4. The van der Waals surface area contributed by atoms with Crippen LogP contribution in [0.4, 0.5) is 5.69 Å². The number of rotatable bonds is 14. The Hall–Kier alpha value is -5.00. The molecule has 1 fully saturated rings. The van der Waals surface area contributed by atoms with Crippen molar-refractivity contribution >= 4 is 29.2 Å². The molecule has 19 heteroatoms. The van der Waals surface area contributed by atoms with Crippen molar-refractivity contribution in [3.05, 3.63) is 115 Å². The highest BCUT2D eigenvalue weighted by molar-refractivity contribution is 5.96. The van der Waals surface area contributed by atoms with Gasteiger partial charge in [0.15, 0.2) is 11.6 Å². The first-order valence-electron chi connectivity index (χ1n) is 26.6. The lowest BCUT2D eigenvalue weighted by atomic mass is 9.82. The van der Waals surface area contributed by atoms with Gasteiger partial charge >= 0.3 is 11.9 Å². The molecule has 19 nitrogen and oxygen atoms in total. The van der Waals surface area contributed by atoms with Gasteiger partial charge < -0.3 is 76.4 Å². The van der Waals surface area contributed by atoms with E-state index in [2.05, 4.69) is 0 Å². The molecule has 1 aromatic carbocycles. The normalized spacial score (nSPS) is 33.4. The van der Waals surface area contributed by atoms with Crippen molar-refractivity contribution in [1.29, 1.82) is 0 Å². The topological polar surface area (TPSA) is 339 Å². The predicted octanol–water partition coefficient (Wildman–Crippen LogP) is 4.59. The van der Waals surface area contributed by atoms with Crippen molar-refractivity contribution in [2.24, 2.45) is 23.5 Å². The monoisotopic (exact) mass is 1080 g/mol. The van der Waals surface area contributed by atoms with Crippen LogP contribution in [0.1, 0.15) is 122 Å². The van der Waals surface area contributed by atoms with Gasteiger partial charge in [0.25, 0.3) is 0 Å². The number of allylic oxidation sites excluding steroid dienone is 12. The Kier molecular flexibility index (Phi) is 29.9. The molecule has 0 spiro atoms. The van der Waals surface area contributed by atoms with E-state index in [4.69, 9.17) is 30.4 Å². The number of carbonyl (C=O) groups excluding carboxylic acids is 3. The van der Waals surface area contributed by atoms with Crippen LogP contribution in [0.15, 0.2) is 109 Å². The zero-order valence-electron chi connectivity index (χ0n) is 44.9. The van der Waals surface area contributed by atoms with E-state index in [-0.39, 0.29) is 82.2 Å². The minimum atomic E-state index is -2.25. The number of esters is 1. The molecule has 3 rings (SSSR count). The lowest BCUT2D eigenvalue weighted by Crippen LogP contribution is -2.56. The Balaban J connectivity index is 1.81. The molecule has 13 N–H and O–H groups in total. The molecular formula is C58H86N2O17. The maximum Gasteiger partial charge on any atom is 0.313 e. The van der Waals surface area contributed by atoms with Crippen molar-refractivity contribution in [2.75, 3.05) is 12.5 Å². The summed E-state index contributed by atoms with van der Waals surface area (Å²) in [6.07, 6.45) is 10.4. The smallest absolute Gasteiger partial charge is 0.313 e. The molecule has 430 valence electrons. The molecule has 2 aliphatic heterocycles. The van der Waals surface area contributed by atoms with E-state index in [0.717, 1.165) is 0 Å². The summed E-state index contributed by atoms with van der Waals surface area (Å²) in [5.74, 6) is -7.15. The highest BCUT2D eigenvalue weighted by Gasteiger charge is 2.50. The number of aliphatic hydroxyl groups excluding tert-OH is 7. The quantitative estimate of drug-likeness (QED) is 0.0399. The van der Waals surface area contributed by atoms with E-state index in [1.165, 1.54) is 0 Å². The molecule has 0 amide bonds. The zero-order chi connectivity index (χ0) is 57.1. The van der Waals surface area contributed by atoms with Gasteiger partial charge in [-0.25, -0.2) is 0 Å². The summed E-state index contributed by atoms with van der Waals surface area (Å²) in [5, 5.41) is 97.1. The molecule has 0 saturated carbocycles. The molecule has 77 heavy (non-hydrogen) atoms. The number of benzene rings is 1. The fraction of sp³-hybridized carbons (Fsp3) is 0.586. The number of carboxylic acids is 1. The summed E-state index contributed by atoms with van der Waals surface area (Å²) in [6, 6.07) is 5.85. The van der Waals surface area contributed by atoms with Gasteiger partial charge in [0.1, 0.15) is 31.0 Å². The number of aliphatic hydroxyl groups is 8. The van der Waals surface area contributed by atoms with Gasteiger partial charge in [-0.15, -0.1) is 0 Å². The highest BCUT2D eigenvalue weighted by Crippen LogP contribution is 2.38. The number of cyclic esters (lactones) is 1. The van der Waals surface area contributed by atoms with Crippen LogP contribution in [-0.2, 0) is 33.3 Å². The molecular weight excluding hydrogens is 997 g/mol. The highest BCUT2D eigenvalue weighted by atomic mass is 16.7.